The molecule has 2 N–H and O–H groups in total. The summed E-state index contributed by atoms with van der Waals surface area (Å²) in [6, 6.07) is 6.06. The van der Waals surface area contributed by atoms with Crippen LogP contribution in [0.1, 0.15) is 24.0 Å². The molecule has 0 bridgehead atoms. The first-order chi connectivity index (χ1) is 8.83. The third-order valence-corrected chi connectivity index (χ3v) is 3.23. The fourth-order valence-electron chi connectivity index (χ4n) is 2.28. The predicted molar refractivity (Wildman–Crippen MR) is 73.4 cm³/mol. The fourth-order valence-corrected chi connectivity index (χ4v) is 2.28. The standard InChI is InChI=1S/C15H20N2O/c1-18-15-7-6-13(5-4-8-16)14(11-15)12-17-9-2-3-10-17/h6-7,11H,2-3,8-10,12,16H2,1H3. The molecular weight excluding hydrogens is 224 g/mol. The highest BCUT2D eigenvalue weighted by atomic mass is 16.5. The Balaban J connectivity index is 2.22. The molecule has 3 heteroatoms. The zero-order valence-corrected chi connectivity index (χ0v) is 10.9. The molecule has 0 saturated carbocycles. The molecule has 0 aromatic heterocycles. The predicted octanol–water partition coefficient (Wildman–Crippen LogP) is 1.60. The topological polar surface area (TPSA) is 38.5 Å². The van der Waals surface area contributed by atoms with Crippen LogP contribution in [0.15, 0.2) is 18.2 Å². The fraction of sp³-hybridized carbons (Fsp3) is 0.467. The van der Waals surface area contributed by atoms with E-state index < -0.39 is 0 Å². The molecule has 1 heterocycles. The molecule has 0 amide bonds. The molecule has 0 unspecified atom stereocenters. The van der Waals surface area contributed by atoms with Crippen LogP contribution in [0, 0.1) is 11.8 Å². The van der Waals surface area contributed by atoms with Crippen LogP contribution < -0.4 is 10.5 Å². The van der Waals surface area contributed by atoms with Crippen LogP contribution in [-0.4, -0.2) is 31.6 Å². The van der Waals surface area contributed by atoms with Crippen LogP contribution in [0.2, 0.25) is 0 Å². The molecule has 96 valence electrons. The van der Waals surface area contributed by atoms with Gasteiger partial charge in [-0.25, -0.2) is 0 Å². The van der Waals surface area contributed by atoms with E-state index in [1.54, 1.807) is 7.11 Å². The first-order valence-electron chi connectivity index (χ1n) is 6.41. The monoisotopic (exact) mass is 244 g/mol. The quantitative estimate of drug-likeness (QED) is 0.821. The van der Waals surface area contributed by atoms with Gasteiger partial charge in [-0.1, -0.05) is 11.8 Å². The lowest BCUT2D eigenvalue weighted by Crippen LogP contribution is -2.19. The lowest BCUT2D eigenvalue weighted by atomic mass is 10.1. The maximum absolute atomic E-state index is 5.44. The number of benzene rings is 1. The van der Waals surface area contributed by atoms with E-state index in [2.05, 4.69) is 22.8 Å². The van der Waals surface area contributed by atoms with Gasteiger partial charge >= 0.3 is 0 Å². The van der Waals surface area contributed by atoms with E-state index in [0.717, 1.165) is 17.9 Å². The Morgan fingerprint density at radius 1 is 1.33 bits per heavy atom. The molecular formula is C15H20N2O. The van der Waals surface area contributed by atoms with Crippen molar-refractivity contribution in [2.45, 2.75) is 19.4 Å². The van der Waals surface area contributed by atoms with Gasteiger partial charge < -0.3 is 10.5 Å². The van der Waals surface area contributed by atoms with Crippen molar-refractivity contribution in [3.8, 4) is 17.6 Å². The molecule has 2 rings (SSSR count). The lowest BCUT2D eigenvalue weighted by molar-refractivity contribution is 0.330. The Morgan fingerprint density at radius 2 is 2.11 bits per heavy atom. The number of ether oxygens (including phenoxy) is 1. The molecule has 1 fully saturated rings. The van der Waals surface area contributed by atoms with E-state index in [4.69, 9.17) is 10.5 Å². The van der Waals surface area contributed by atoms with Crippen LogP contribution in [0.5, 0.6) is 5.75 Å². The Hall–Kier alpha value is -1.50. The third kappa shape index (κ3) is 3.25. The molecule has 0 radical (unpaired) electrons. The molecule has 1 aliphatic rings. The summed E-state index contributed by atoms with van der Waals surface area (Å²) in [5.74, 6) is 6.96. The highest BCUT2D eigenvalue weighted by Gasteiger charge is 2.13. The average molecular weight is 244 g/mol. The minimum atomic E-state index is 0.398. The summed E-state index contributed by atoms with van der Waals surface area (Å²) in [7, 11) is 1.69. The van der Waals surface area contributed by atoms with Gasteiger partial charge in [0.1, 0.15) is 5.75 Å². The molecule has 3 nitrogen and oxygen atoms in total. The minimum Gasteiger partial charge on any atom is -0.497 e. The number of nitrogens with two attached hydrogens (primary N) is 1. The Morgan fingerprint density at radius 3 is 2.78 bits per heavy atom. The number of methoxy groups -OCH3 is 1. The zero-order chi connectivity index (χ0) is 12.8. The van der Waals surface area contributed by atoms with E-state index in [-0.39, 0.29) is 0 Å². The van der Waals surface area contributed by atoms with Crippen molar-refractivity contribution in [1.29, 1.82) is 0 Å². The van der Waals surface area contributed by atoms with Gasteiger partial charge in [-0.3, -0.25) is 4.90 Å². The molecule has 0 aliphatic carbocycles. The maximum Gasteiger partial charge on any atom is 0.119 e. The van der Waals surface area contributed by atoms with Gasteiger partial charge in [0.25, 0.3) is 0 Å². The van der Waals surface area contributed by atoms with Crippen molar-refractivity contribution < 1.29 is 4.74 Å². The Kier molecular flexibility index (Phi) is 4.63. The van der Waals surface area contributed by atoms with Crippen molar-refractivity contribution in [2.75, 3.05) is 26.7 Å². The van der Waals surface area contributed by atoms with E-state index >= 15 is 0 Å². The van der Waals surface area contributed by atoms with Gasteiger partial charge in [0, 0.05) is 12.1 Å². The number of rotatable bonds is 3. The molecule has 0 atom stereocenters. The summed E-state index contributed by atoms with van der Waals surface area (Å²) in [5.41, 5.74) is 7.73. The van der Waals surface area contributed by atoms with Gasteiger partial charge in [0.05, 0.1) is 13.7 Å². The van der Waals surface area contributed by atoms with Crippen molar-refractivity contribution in [3.63, 3.8) is 0 Å². The van der Waals surface area contributed by atoms with Gasteiger partial charge in [-0.05, 0) is 49.7 Å². The van der Waals surface area contributed by atoms with Crippen molar-refractivity contribution >= 4 is 0 Å². The van der Waals surface area contributed by atoms with Crippen molar-refractivity contribution in [3.05, 3.63) is 29.3 Å². The van der Waals surface area contributed by atoms with Crippen molar-refractivity contribution in [2.24, 2.45) is 5.73 Å². The second-order valence-corrected chi connectivity index (χ2v) is 4.51. The summed E-state index contributed by atoms with van der Waals surface area (Å²) < 4.78 is 5.29. The van der Waals surface area contributed by atoms with E-state index in [1.165, 1.54) is 31.5 Å². The van der Waals surface area contributed by atoms with Crippen LogP contribution in [0.25, 0.3) is 0 Å². The minimum absolute atomic E-state index is 0.398. The smallest absolute Gasteiger partial charge is 0.119 e. The third-order valence-electron chi connectivity index (χ3n) is 3.23. The van der Waals surface area contributed by atoms with E-state index in [0.29, 0.717) is 6.54 Å². The van der Waals surface area contributed by atoms with Crippen LogP contribution in [-0.2, 0) is 6.54 Å². The molecule has 18 heavy (non-hydrogen) atoms. The second-order valence-electron chi connectivity index (χ2n) is 4.51. The van der Waals surface area contributed by atoms with Gasteiger partial charge in [-0.15, -0.1) is 0 Å². The summed E-state index contributed by atoms with van der Waals surface area (Å²) >= 11 is 0. The summed E-state index contributed by atoms with van der Waals surface area (Å²) in [5, 5.41) is 0. The normalized spacial score (nSPS) is 15.2. The zero-order valence-electron chi connectivity index (χ0n) is 10.9. The summed E-state index contributed by atoms with van der Waals surface area (Å²) in [6.07, 6.45) is 2.60. The largest absolute Gasteiger partial charge is 0.497 e. The van der Waals surface area contributed by atoms with Crippen LogP contribution in [0.4, 0.5) is 0 Å². The SMILES string of the molecule is COc1ccc(C#CCN)c(CN2CCCC2)c1. The summed E-state index contributed by atoms with van der Waals surface area (Å²) in [4.78, 5) is 2.46. The second kappa shape index (κ2) is 6.44. The Bertz CT molecular complexity index is 453. The highest BCUT2D eigenvalue weighted by molar-refractivity contribution is 5.45. The number of hydrogen-bond acceptors (Lipinski definition) is 3. The first-order valence-corrected chi connectivity index (χ1v) is 6.41. The van der Waals surface area contributed by atoms with E-state index in [9.17, 15) is 0 Å². The summed E-state index contributed by atoms with van der Waals surface area (Å²) in [6.45, 7) is 3.71. The molecule has 1 aromatic rings. The lowest BCUT2D eigenvalue weighted by Gasteiger charge is -2.16. The highest BCUT2D eigenvalue weighted by Crippen LogP contribution is 2.20. The van der Waals surface area contributed by atoms with E-state index in [1.807, 2.05) is 12.1 Å². The number of nitrogens with zero attached hydrogens (tertiary/aromatic N) is 1. The van der Waals surface area contributed by atoms with Gasteiger partial charge in [0.15, 0.2) is 0 Å². The van der Waals surface area contributed by atoms with Crippen LogP contribution >= 0.6 is 0 Å². The number of hydrogen-bond donors (Lipinski definition) is 1. The van der Waals surface area contributed by atoms with Crippen molar-refractivity contribution in [1.82, 2.24) is 4.90 Å². The maximum atomic E-state index is 5.44. The van der Waals surface area contributed by atoms with Crippen LogP contribution in [0.3, 0.4) is 0 Å². The number of likely N-dealkylation sites (tertiary alicyclic amines) is 1. The van der Waals surface area contributed by atoms with Gasteiger partial charge in [-0.2, -0.15) is 0 Å². The first kappa shape index (κ1) is 12.9. The van der Waals surface area contributed by atoms with Gasteiger partial charge in [0.2, 0.25) is 0 Å². The molecule has 0 spiro atoms. The molecule has 1 aliphatic heterocycles. The molecule has 1 saturated heterocycles. The Labute approximate surface area is 109 Å². The average Bonchev–Trinajstić information content (AvgIpc) is 2.90. The molecule has 1 aromatic carbocycles.